The summed E-state index contributed by atoms with van der Waals surface area (Å²) in [4.78, 5) is 16.8. The van der Waals surface area contributed by atoms with Gasteiger partial charge in [-0.1, -0.05) is 30.3 Å². The van der Waals surface area contributed by atoms with Crippen molar-refractivity contribution in [3.8, 4) is 0 Å². The standard InChI is InChI=1S/C16H23N3O2.ClH/c20-16(19-8-10-21-11-9-19)15-13-18(7-6-17-15)12-14-4-2-1-3-5-14;/h1-5,15,17H,6-13H2;1H. The first-order valence-electron chi connectivity index (χ1n) is 7.69. The van der Waals surface area contributed by atoms with Crippen LogP contribution in [0.15, 0.2) is 30.3 Å². The number of nitrogens with one attached hydrogen (secondary N) is 1. The number of rotatable bonds is 3. The fourth-order valence-corrected chi connectivity index (χ4v) is 2.97. The summed E-state index contributed by atoms with van der Waals surface area (Å²) in [5.41, 5.74) is 1.30. The Labute approximate surface area is 138 Å². The number of halogens is 1. The van der Waals surface area contributed by atoms with Crippen LogP contribution >= 0.6 is 12.4 Å². The van der Waals surface area contributed by atoms with Crippen molar-refractivity contribution in [2.24, 2.45) is 0 Å². The molecule has 1 aromatic rings. The zero-order chi connectivity index (χ0) is 14.5. The number of carbonyl (C=O) groups is 1. The third kappa shape index (κ3) is 4.43. The smallest absolute Gasteiger partial charge is 0.241 e. The van der Waals surface area contributed by atoms with Gasteiger partial charge in [0.25, 0.3) is 0 Å². The van der Waals surface area contributed by atoms with Crippen LogP contribution in [0.3, 0.4) is 0 Å². The van der Waals surface area contributed by atoms with Crippen LogP contribution in [0.5, 0.6) is 0 Å². The van der Waals surface area contributed by atoms with Gasteiger partial charge in [0.1, 0.15) is 0 Å². The Bertz CT molecular complexity index is 466. The van der Waals surface area contributed by atoms with E-state index in [2.05, 4.69) is 34.5 Å². The second-order valence-corrected chi connectivity index (χ2v) is 5.67. The molecule has 22 heavy (non-hydrogen) atoms. The highest BCUT2D eigenvalue weighted by Crippen LogP contribution is 2.10. The van der Waals surface area contributed by atoms with Crippen LogP contribution in [-0.4, -0.2) is 67.7 Å². The van der Waals surface area contributed by atoms with E-state index < -0.39 is 0 Å². The van der Waals surface area contributed by atoms with E-state index in [9.17, 15) is 4.79 Å². The van der Waals surface area contributed by atoms with E-state index in [4.69, 9.17) is 4.74 Å². The zero-order valence-electron chi connectivity index (χ0n) is 12.7. The maximum atomic E-state index is 12.5. The average Bonchev–Trinajstić information content (AvgIpc) is 2.56. The van der Waals surface area contributed by atoms with Crippen molar-refractivity contribution < 1.29 is 9.53 Å². The van der Waals surface area contributed by atoms with Crippen molar-refractivity contribution in [1.82, 2.24) is 15.1 Å². The Balaban J connectivity index is 0.00000176. The number of benzene rings is 1. The Kier molecular flexibility index (Phi) is 6.64. The van der Waals surface area contributed by atoms with Gasteiger partial charge in [0.2, 0.25) is 5.91 Å². The lowest BCUT2D eigenvalue weighted by molar-refractivity contribution is -0.138. The molecular formula is C16H24ClN3O2. The Morgan fingerprint density at radius 1 is 1.18 bits per heavy atom. The van der Waals surface area contributed by atoms with Crippen LogP contribution in [-0.2, 0) is 16.1 Å². The Morgan fingerprint density at radius 3 is 2.64 bits per heavy atom. The monoisotopic (exact) mass is 325 g/mol. The lowest BCUT2D eigenvalue weighted by Crippen LogP contribution is -2.58. The second kappa shape index (κ2) is 8.48. The molecule has 1 aromatic carbocycles. The third-order valence-corrected chi connectivity index (χ3v) is 4.13. The third-order valence-electron chi connectivity index (χ3n) is 4.13. The molecule has 3 rings (SSSR count). The summed E-state index contributed by atoms with van der Waals surface area (Å²) >= 11 is 0. The van der Waals surface area contributed by atoms with E-state index >= 15 is 0 Å². The van der Waals surface area contributed by atoms with E-state index in [0.717, 1.165) is 39.3 Å². The van der Waals surface area contributed by atoms with Crippen LogP contribution in [0.4, 0.5) is 0 Å². The minimum Gasteiger partial charge on any atom is -0.378 e. The number of ether oxygens (including phenoxy) is 1. The Hall–Kier alpha value is -1.14. The molecule has 0 aliphatic carbocycles. The molecule has 0 aromatic heterocycles. The predicted octanol–water partition coefficient (Wildman–Crippen LogP) is 0.741. The number of amides is 1. The van der Waals surface area contributed by atoms with Crippen LogP contribution < -0.4 is 5.32 Å². The quantitative estimate of drug-likeness (QED) is 0.890. The maximum Gasteiger partial charge on any atom is 0.241 e. The molecule has 2 aliphatic heterocycles. The van der Waals surface area contributed by atoms with Crippen molar-refractivity contribution in [3.63, 3.8) is 0 Å². The molecule has 2 aliphatic rings. The molecule has 1 amide bonds. The van der Waals surface area contributed by atoms with Gasteiger partial charge in [-0.3, -0.25) is 9.69 Å². The number of carbonyl (C=O) groups excluding carboxylic acids is 1. The molecule has 2 saturated heterocycles. The fraction of sp³-hybridized carbons (Fsp3) is 0.562. The molecule has 6 heteroatoms. The zero-order valence-corrected chi connectivity index (χ0v) is 13.6. The van der Waals surface area contributed by atoms with E-state index in [-0.39, 0.29) is 24.4 Å². The lowest BCUT2D eigenvalue weighted by Gasteiger charge is -2.36. The summed E-state index contributed by atoms with van der Waals surface area (Å²) < 4.78 is 5.31. The molecule has 5 nitrogen and oxygen atoms in total. The number of nitrogens with zero attached hydrogens (tertiary/aromatic N) is 2. The van der Waals surface area contributed by atoms with Crippen molar-refractivity contribution in [3.05, 3.63) is 35.9 Å². The first-order valence-corrected chi connectivity index (χ1v) is 7.69. The number of piperazine rings is 1. The molecule has 0 spiro atoms. The van der Waals surface area contributed by atoms with Crippen molar-refractivity contribution in [1.29, 1.82) is 0 Å². The van der Waals surface area contributed by atoms with Crippen LogP contribution in [0, 0.1) is 0 Å². The number of hydrogen-bond acceptors (Lipinski definition) is 4. The van der Waals surface area contributed by atoms with Gasteiger partial charge >= 0.3 is 0 Å². The van der Waals surface area contributed by atoms with Crippen molar-refractivity contribution in [2.45, 2.75) is 12.6 Å². The molecule has 2 heterocycles. The van der Waals surface area contributed by atoms with Gasteiger partial charge in [-0.05, 0) is 5.56 Å². The first-order chi connectivity index (χ1) is 10.3. The molecule has 2 fully saturated rings. The van der Waals surface area contributed by atoms with E-state index in [1.165, 1.54) is 5.56 Å². The van der Waals surface area contributed by atoms with Gasteiger partial charge in [-0.2, -0.15) is 0 Å². The average molecular weight is 326 g/mol. The van der Waals surface area contributed by atoms with E-state index in [0.29, 0.717) is 13.2 Å². The minimum atomic E-state index is -0.0828. The van der Waals surface area contributed by atoms with Crippen LogP contribution in [0.1, 0.15) is 5.56 Å². The van der Waals surface area contributed by atoms with Crippen molar-refractivity contribution >= 4 is 18.3 Å². The molecule has 0 saturated carbocycles. The summed E-state index contributed by atoms with van der Waals surface area (Å²) in [7, 11) is 0. The topological polar surface area (TPSA) is 44.8 Å². The molecule has 0 radical (unpaired) electrons. The van der Waals surface area contributed by atoms with E-state index in [1.54, 1.807) is 0 Å². The lowest BCUT2D eigenvalue weighted by atomic mass is 10.1. The van der Waals surface area contributed by atoms with Gasteiger partial charge < -0.3 is 15.0 Å². The Morgan fingerprint density at radius 2 is 1.91 bits per heavy atom. The van der Waals surface area contributed by atoms with Crippen molar-refractivity contribution in [2.75, 3.05) is 45.9 Å². The summed E-state index contributed by atoms with van der Waals surface area (Å²) in [5.74, 6) is 0.219. The maximum absolute atomic E-state index is 12.5. The molecular weight excluding hydrogens is 302 g/mol. The normalized spacial score (nSPS) is 22.9. The molecule has 1 unspecified atom stereocenters. The van der Waals surface area contributed by atoms with E-state index in [1.807, 2.05) is 11.0 Å². The fourth-order valence-electron chi connectivity index (χ4n) is 2.97. The minimum absolute atomic E-state index is 0. The number of morpholine rings is 1. The van der Waals surface area contributed by atoms with Crippen LogP contribution in [0.2, 0.25) is 0 Å². The highest BCUT2D eigenvalue weighted by atomic mass is 35.5. The van der Waals surface area contributed by atoms with Gasteiger partial charge in [-0.15, -0.1) is 12.4 Å². The highest BCUT2D eigenvalue weighted by molar-refractivity contribution is 5.85. The second-order valence-electron chi connectivity index (χ2n) is 5.67. The SMILES string of the molecule is Cl.O=C(C1CN(Cc2ccccc2)CCN1)N1CCOCC1. The summed E-state index contributed by atoms with van der Waals surface area (Å²) in [5, 5.41) is 3.36. The molecule has 1 N–H and O–H groups in total. The van der Waals surface area contributed by atoms with Gasteiger partial charge in [0, 0.05) is 39.3 Å². The largest absolute Gasteiger partial charge is 0.378 e. The highest BCUT2D eigenvalue weighted by Gasteiger charge is 2.29. The van der Waals surface area contributed by atoms with Gasteiger partial charge in [-0.25, -0.2) is 0 Å². The summed E-state index contributed by atoms with van der Waals surface area (Å²) in [6.45, 7) is 6.31. The molecule has 122 valence electrons. The predicted molar refractivity (Wildman–Crippen MR) is 88.2 cm³/mol. The van der Waals surface area contributed by atoms with Gasteiger partial charge in [0.05, 0.1) is 19.3 Å². The molecule has 1 atom stereocenters. The van der Waals surface area contributed by atoms with Crippen LogP contribution in [0.25, 0.3) is 0 Å². The summed E-state index contributed by atoms with van der Waals surface area (Å²) in [6, 6.07) is 10.4. The number of hydrogen-bond donors (Lipinski definition) is 1. The summed E-state index contributed by atoms with van der Waals surface area (Å²) in [6.07, 6.45) is 0. The van der Waals surface area contributed by atoms with Gasteiger partial charge in [0.15, 0.2) is 0 Å². The first kappa shape index (κ1) is 17.2. The molecule has 0 bridgehead atoms.